The number of nitrogens with one attached hydrogen (secondary N) is 1. The molecular formula is C13H14N4O4. The maximum absolute atomic E-state index is 11.9. The molecule has 8 nitrogen and oxygen atoms in total. The molecule has 0 aliphatic heterocycles. The summed E-state index contributed by atoms with van der Waals surface area (Å²) in [5.41, 5.74) is 6.47. The minimum Gasteiger partial charge on any atom is -0.481 e. The molecule has 21 heavy (non-hydrogen) atoms. The van der Waals surface area contributed by atoms with Gasteiger partial charge in [0, 0.05) is 0 Å². The van der Waals surface area contributed by atoms with Gasteiger partial charge in [0.15, 0.2) is 5.82 Å². The van der Waals surface area contributed by atoms with Crippen molar-refractivity contribution in [2.45, 2.75) is 19.4 Å². The van der Waals surface area contributed by atoms with E-state index in [9.17, 15) is 9.59 Å². The normalized spacial score (nSPS) is 11.9. The quantitative estimate of drug-likeness (QED) is 0.741. The molecule has 110 valence electrons. The van der Waals surface area contributed by atoms with E-state index in [0.29, 0.717) is 17.1 Å². The molecule has 0 saturated carbocycles. The summed E-state index contributed by atoms with van der Waals surface area (Å²) in [6.45, 7) is 1.68. The first-order valence-corrected chi connectivity index (χ1v) is 6.15. The molecular weight excluding hydrogens is 276 g/mol. The first kappa shape index (κ1) is 14.7. The Labute approximate surface area is 120 Å². The second-order valence-electron chi connectivity index (χ2n) is 4.39. The van der Waals surface area contributed by atoms with Crippen LogP contribution in [0.1, 0.15) is 12.2 Å². The number of para-hydroxylation sites is 1. The predicted octanol–water partition coefficient (Wildman–Crippen LogP) is 0.786. The van der Waals surface area contributed by atoms with Crippen LogP contribution in [0.25, 0.3) is 11.5 Å². The number of benzene rings is 1. The van der Waals surface area contributed by atoms with Crippen LogP contribution in [0, 0.1) is 6.92 Å². The summed E-state index contributed by atoms with van der Waals surface area (Å²) in [6.07, 6.45) is -0.451. The average molecular weight is 290 g/mol. The molecule has 0 radical (unpaired) electrons. The maximum Gasteiger partial charge on any atom is 0.305 e. The number of aryl methyl sites for hydroxylation is 1. The largest absolute Gasteiger partial charge is 0.481 e. The van der Waals surface area contributed by atoms with Crippen molar-refractivity contribution in [2.24, 2.45) is 5.73 Å². The number of carbonyl (C=O) groups excluding carboxylic acids is 1. The highest BCUT2D eigenvalue weighted by atomic mass is 16.5. The van der Waals surface area contributed by atoms with Crippen LogP contribution in [0.15, 0.2) is 28.8 Å². The Balaban J connectivity index is 2.21. The first-order chi connectivity index (χ1) is 9.97. The Morgan fingerprint density at radius 3 is 2.76 bits per heavy atom. The second-order valence-corrected chi connectivity index (χ2v) is 4.39. The predicted molar refractivity (Wildman–Crippen MR) is 73.3 cm³/mol. The molecule has 0 aliphatic carbocycles. The fourth-order valence-electron chi connectivity index (χ4n) is 1.69. The number of anilines is 1. The van der Waals surface area contributed by atoms with E-state index < -0.39 is 24.3 Å². The van der Waals surface area contributed by atoms with Crippen LogP contribution in [0.3, 0.4) is 0 Å². The van der Waals surface area contributed by atoms with Crippen molar-refractivity contribution in [3.63, 3.8) is 0 Å². The van der Waals surface area contributed by atoms with Gasteiger partial charge in [-0.05, 0) is 19.1 Å². The number of aromatic nitrogens is 2. The lowest BCUT2D eigenvalue weighted by molar-refractivity contribution is -0.138. The fourth-order valence-corrected chi connectivity index (χ4v) is 1.69. The van der Waals surface area contributed by atoms with E-state index in [1.807, 2.05) is 0 Å². The number of nitrogens with zero attached hydrogens (tertiary/aromatic N) is 2. The SMILES string of the molecule is Cc1noc(-c2ccccc2NC(=O)C(N)CC(=O)O)n1. The van der Waals surface area contributed by atoms with Crippen LogP contribution in [-0.4, -0.2) is 33.2 Å². The molecule has 0 aliphatic rings. The van der Waals surface area contributed by atoms with E-state index in [-0.39, 0.29) is 5.89 Å². The van der Waals surface area contributed by atoms with Gasteiger partial charge in [-0.2, -0.15) is 4.98 Å². The van der Waals surface area contributed by atoms with Crippen molar-refractivity contribution in [1.29, 1.82) is 0 Å². The van der Waals surface area contributed by atoms with Crippen molar-refractivity contribution in [1.82, 2.24) is 10.1 Å². The van der Waals surface area contributed by atoms with Crippen LogP contribution in [0.5, 0.6) is 0 Å². The Kier molecular flexibility index (Phi) is 4.29. The topological polar surface area (TPSA) is 131 Å². The van der Waals surface area contributed by atoms with E-state index in [2.05, 4.69) is 15.5 Å². The van der Waals surface area contributed by atoms with Gasteiger partial charge in [-0.3, -0.25) is 9.59 Å². The molecule has 4 N–H and O–H groups in total. The Bertz CT molecular complexity index is 668. The van der Waals surface area contributed by atoms with Crippen molar-refractivity contribution >= 4 is 17.6 Å². The third kappa shape index (κ3) is 3.63. The van der Waals surface area contributed by atoms with Crippen LogP contribution < -0.4 is 11.1 Å². The lowest BCUT2D eigenvalue weighted by atomic mass is 10.1. The lowest BCUT2D eigenvalue weighted by Gasteiger charge is -2.12. The second kappa shape index (κ2) is 6.14. The van der Waals surface area contributed by atoms with Gasteiger partial charge in [-0.25, -0.2) is 0 Å². The highest BCUT2D eigenvalue weighted by Gasteiger charge is 2.19. The summed E-state index contributed by atoms with van der Waals surface area (Å²) in [4.78, 5) is 26.5. The summed E-state index contributed by atoms with van der Waals surface area (Å²) in [7, 11) is 0. The minimum absolute atomic E-state index is 0.259. The van der Waals surface area contributed by atoms with Gasteiger partial charge < -0.3 is 20.7 Å². The zero-order valence-corrected chi connectivity index (χ0v) is 11.2. The van der Waals surface area contributed by atoms with E-state index >= 15 is 0 Å². The fraction of sp³-hybridized carbons (Fsp3) is 0.231. The van der Waals surface area contributed by atoms with Crippen molar-refractivity contribution in [3.05, 3.63) is 30.1 Å². The van der Waals surface area contributed by atoms with Crippen molar-refractivity contribution in [3.8, 4) is 11.5 Å². The summed E-state index contributed by atoms with van der Waals surface area (Å²) < 4.78 is 5.06. The van der Waals surface area contributed by atoms with Crippen LogP contribution in [-0.2, 0) is 9.59 Å². The van der Waals surface area contributed by atoms with Crippen molar-refractivity contribution < 1.29 is 19.2 Å². The Morgan fingerprint density at radius 2 is 2.14 bits per heavy atom. The van der Waals surface area contributed by atoms with Gasteiger partial charge in [-0.15, -0.1) is 0 Å². The van der Waals surface area contributed by atoms with Gasteiger partial charge in [0.2, 0.25) is 5.91 Å². The van der Waals surface area contributed by atoms with Gasteiger partial charge >= 0.3 is 5.97 Å². The number of carboxylic acids is 1. The smallest absolute Gasteiger partial charge is 0.305 e. The number of nitrogens with two attached hydrogens (primary N) is 1. The van der Waals surface area contributed by atoms with E-state index in [4.69, 9.17) is 15.4 Å². The molecule has 1 atom stereocenters. The van der Waals surface area contributed by atoms with Gasteiger partial charge in [0.1, 0.15) is 0 Å². The van der Waals surface area contributed by atoms with Crippen LogP contribution in [0.2, 0.25) is 0 Å². The first-order valence-electron chi connectivity index (χ1n) is 6.15. The Morgan fingerprint density at radius 1 is 1.43 bits per heavy atom. The van der Waals surface area contributed by atoms with E-state index in [1.54, 1.807) is 31.2 Å². The third-order valence-corrected chi connectivity index (χ3v) is 2.67. The highest BCUT2D eigenvalue weighted by molar-refractivity contribution is 5.99. The summed E-state index contributed by atoms with van der Waals surface area (Å²) in [5, 5.41) is 14.9. The van der Waals surface area contributed by atoms with Gasteiger partial charge in [0.05, 0.1) is 23.7 Å². The Hall–Kier alpha value is -2.74. The number of rotatable bonds is 5. The number of carboxylic acid groups (broad SMARTS) is 1. The zero-order valence-electron chi connectivity index (χ0n) is 11.2. The average Bonchev–Trinajstić information content (AvgIpc) is 2.85. The number of amides is 1. The molecule has 1 aromatic heterocycles. The van der Waals surface area contributed by atoms with Crippen LogP contribution in [0.4, 0.5) is 5.69 Å². The number of aliphatic carboxylic acids is 1. The number of hydrogen-bond acceptors (Lipinski definition) is 6. The number of hydrogen-bond donors (Lipinski definition) is 3. The molecule has 0 fully saturated rings. The third-order valence-electron chi connectivity index (χ3n) is 2.67. The minimum atomic E-state index is -1.14. The zero-order chi connectivity index (χ0) is 15.4. The summed E-state index contributed by atoms with van der Waals surface area (Å²) in [6, 6.07) is 5.66. The maximum atomic E-state index is 11.9. The molecule has 2 rings (SSSR count). The monoisotopic (exact) mass is 290 g/mol. The molecule has 2 aromatic rings. The van der Waals surface area contributed by atoms with Crippen molar-refractivity contribution in [2.75, 3.05) is 5.32 Å². The molecule has 1 aromatic carbocycles. The summed E-state index contributed by atoms with van der Waals surface area (Å²) in [5.74, 6) is -1.01. The van der Waals surface area contributed by atoms with Gasteiger partial charge in [0.25, 0.3) is 5.89 Å². The van der Waals surface area contributed by atoms with Crippen LogP contribution >= 0.6 is 0 Å². The molecule has 8 heteroatoms. The van der Waals surface area contributed by atoms with E-state index in [0.717, 1.165) is 0 Å². The van der Waals surface area contributed by atoms with Gasteiger partial charge in [-0.1, -0.05) is 17.3 Å². The van der Waals surface area contributed by atoms with E-state index in [1.165, 1.54) is 0 Å². The molecule has 1 unspecified atom stereocenters. The summed E-state index contributed by atoms with van der Waals surface area (Å²) >= 11 is 0. The molecule has 0 bridgehead atoms. The molecule has 1 amide bonds. The molecule has 1 heterocycles. The number of carbonyl (C=O) groups is 2. The highest BCUT2D eigenvalue weighted by Crippen LogP contribution is 2.26. The lowest BCUT2D eigenvalue weighted by Crippen LogP contribution is -2.37. The molecule has 0 spiro atoms. The standard InChI is InChI=1S/C13H14N4O4/c1-7-15-13(21-17-7)8-4-2-3-5-10(8)16-12(20)9(14)6-11(18)19/h2-5,9H,6,14H2,1H3,(H,16,20)(H,18,19). The molecule has 0 saturated heterocycles.